The summed E-state index contributed by atoms with van der Waals surface area (Å²) >= 11 is 0. The third kappa shape index (κ3) is 1.31. The van der Waals surface area contributed by atoms with E-state index in [1.54, 1.807) is 13.2 Å². The van der Waals surface area contributed by atoms with Gasteiger partial charge in [-0.05, 0) is 0 Å². The van der Waals surface area contributed by atoms with Crippen molar-refractivity contribution < 1.29 is 5.11 Å². The lowest BCUT2D eigenvalue weighted by molar-refractivity contribution is 0.181. The van der Waals surface area contributed by atoms with Gasteiger partial charge in [0.05, 0.1) is 6.20 Å². The van der Waals surface area contributed by atoms with E-state index in [9.17, 15) is 0 Å². The number of aliphatic hydroxyl groups is 1. The molecule has 1 aromatic rings. The van der Waals surface area contributed by atoms with Gasteiger partial charge < -0.3 is 10.8 Å². The van der Waals surface area contributed by atoms with Crippen molar-refractivity contribution in [2.24, 2.45) is 12.8 Å². The van der Waals surface area contributed by atoms with Crippen LogP contribution in [0.4, 0.5) is 0 Å². The van der Waals surface area contributed by atoms with Crippen molar-refractivity contribution >= 4 is 0 Å². The first-order valence-corrected chi connectivity index (χ1v) is 2.98. The second kappa shape index (κ2) is 2.76. The number of aromatic nitrogens is 3. The van der Waals surface area contributed by atoms with Crippen LogP contribution in [-0.2, 0) is 7.05 Å². The number of rotatable bonds is 2. The van der Waals surface area contributed by atoms with Crippen LogP contribution < -0.4 is 5.73 Å². The Morgan fingerprint density at radius 2 is 2.60 bits per heavy atom. The van der Waals surface area contributed by atoms with Crippen molar-refractivity contribution in [2.75, 3.05) is 6.54 Å². The molecule has 1 heterocycles. The summed E-state index contributed by atoms with van der Waals surface area (Å²) in [6, 6.07) is 0. The fraction of sp³-hybridized carbons (Fsp3) is 0.600. The lowest BCUT2D eigenvalue weighted by Crippen LogP contribution is -2.11. The molecular weight excluding hydrogens is 132 g/mol. The van der Waals surface area contributed by atoms with Crippen LogP contribution in [0.3, 0.4) is 0 Å². The topological polar surface area (TPSA) is 77.0 Å². The summed E-state index contributed by atoms with van der Waals surface area (Å²) in [5.74, 6) is 0. The zero-order valence-corrected chi connectivity index (χ0v) is 5.73. The van der Waals surface area contributed by atoms with Crippen LogP contribution in [0.15, 0.2) is 6.20 Å². The second-order valence-corrected chi connectivity index (χ2v) is 2.07. The highest BCUT2D eigenvalue weighted by Crippen LogP contribution is 2.04. The van der Waals surface area contributed by atoms with Gasteiger partial charge in [0.1, 0.15) is 11.8 Å². The Hall–Kier alpha value is -0.940. The predicted molar refractivity (Wildman–Crippen MR) is 35.0 cm³/mol. The van der Waals surface area contributed by atoms with E-state index in [0.29, 0.717) is 5.69 Å². The zero-order valence-electron chi connectivity index (χ0n) is 5.73. The maximum Gasteiger partial charge on any atom is 0.112 e. The molecule has 5 heteroatoms. The quantitative estimate of drug-likeness (QED) is 0.544. The molecule has 1 atom stereocenters. The Kier molecular flexibility index (Phi) is 1.98. The second-order valence-electron chi connectivity index (χ2n) is 2.07. The van der Waals surface area contributed by atoms with E-state index in [1.165, 1.54) is 4.68 Å². The molecule has 10 heavy (non-hydrogen) atoms. The third-order valence-corrected chi connectivity index (χ3v) is 1.19. The van der Waals surface area contributed by atoms with Crippen molar-refractivity contribution in [3.05, 3.63) is 11.9 Å². The normalized spacial score (nSPS) is 13.5. The smallest absolute Gasteiger partial charge is 0.112 e. The van der Waals surface area contributed by atoms with Gasteiger partial charge in [-0.2, -0.15) is 0 Å². The number of aliphatic hydroxyl groups excluding tert-OH is 1. The molecule has 1 rings (SSSR count). The Morgan fingerprint density at radius 1 is 1.90 bits per heavy atom. The standard InChI is InChI=1S/C5H10N4O/c1-9-3-4(7-8-9)5(10)2-6/h3,5,10H,2,6H2,1H3. The lowest BCUT2D eigenvalue weighted by atomic mass is 10.3. The highest BCUT2D eigenvalue weighted by Gasteiger charge is 2.07. The number of hydrogen-bond acceptors (Lipinski definition) is 4. The SMILES string of the molecule is Cn1cc(C(O)CN)nn1. The molecule has 0 saturated heterocycles. The number of nitrogens with two attached hydrogens (primary N) is 1. The molecule has 1 unspecified atom stereocenters. The number of aryl methyl sites for hydroxylation is 1. The van der Waals surface area contributed by atoms with Gasteiger partial charge in [-0.3, -0.25) is 4.68 Å². The van der Waals surface area contributed by atoms with E-state index in [4.69, 9.17) is 10.8 Å². The fourth-order valence-corrected chi connectivity index (χ4v) is 0.639. The molecule has 0 spiro atoms. The highest BCUT2D eigenvalue weighted by molar-refractivity contribution is 4.96. The van der Waals surface area contributed by atoms with E-state index >= 15 is 0 Å². The molecular formula is C5H10N4O. The first kappa shape index (κ1) is 7.17. The van der Waals surface area contributed by atoms with Gasteiger partial charge >= 0.3 is 0 Å². The number of hydrogen-bond donors (Lipinski definition) is 2. The Balaban J connectivity index is 2.74. The fourth-order valence-electron chi connectivity index (χ4n) is 0.639. The summed E-state index contributed by atoms with van der Waals surface area (Å²) in [6.45, 7) is 0.179. The molecule has 0 bridgehead atoms. The first-order valence-electron chi connectivity index (χ1n) is 2.98. The molecule has 0 aliphatic heterocycles. The Bertz CT molecular complexity index is 209. The van der Waals surface area contributed by atoms with Crippen molar-refractivity contribution in [1.29, 1.82) is 0 Å². The summed E-state index contributed by atoms with van der Waals surface area (Å²) in [6.07, 6.45) is 0.950. The van der Waals surface area contributed by atoms with E-state index in [1.807, 2.05) is 0 Å². The molecule has 1 aromatic heterocycles. The van der Waals surface area contributed by atoms with Crippen LogP contribution in [0.2, 0.25) is 0 Å². The lowest BCUT2D eigenvalue weighted by Gasteiger charge is -1.99. The van der Waals surface area contributed by atoms with Gasteiger partial charge in [0.25, 0.3) is 0 Å². The monoisotopic (exact) mass is 142 g/mol. The minimum atomic E-state index is -0.686. The molecule has 56 valence electrons. The maximum absolute atomic E-state index is 9.10. The van der Waals surface area contributed by atoms with Gasteiger partial charge in [-0.25, -0.2) is 0 Å². The molecule has 3 N–H and O–H groups in total. The average Bonchev–Trinajstić information content (AvgIpc) is 2.34. The first-order chi connectivity index (χ1) is 4.74. The summed E-state index contributed by atoms with van der Waals surface area (Å²) in [5, 5.41) is 16.4. The summed E-state index contributed by atoms with van der Waals surface area (Å²) in [4.78, 5) is 0. The minimum Gasteiger partial charge on any atom is -0.385 e. The van der Waals surface area contributed by atoms with Gasteiger partial charge in [0, 0.05) is 13.6 Å². The molecule has 0 saturated carbocycles. The molecule has 0 radical (unpaired) electrons. The summed E-state index contributed by atoms with van der Waals surface area (Å²) in [7, 11) is 1.74. The van der Waals surface area contributed by atoms with Gasteiger partial charge in [0.2, 0.25) is 0 Å². The van der Waals surface area contributed by atoms with Crippen molar-refractivity contribution in [3.8, 4) is 0 Å². The van der Waals surface area contributed by atoms with Crippen molar-refractivity contribution in [1.82, 2.24) is 15.0 Å². The third-order valence-electron chi connectivity index (χ3n) is 1.19. The molecule has 0 aliphatic carbocycles. The highest BCUT2D eigenvalue weighted by atomic mass is 16.3. The maximum atomic E-state index is 9.10. The largest absolute Gasteiger partial charge is 0.385 e. The van der Waals surface area contributed by atoms with Crippen LogP contribution in [0.1, 0.15) is 11.8 Å². The van der Waals surface area contributed by atoms with Crippen LogP contribution in [0.25, 0.3) is 0 Å². The summed E-state index contributed by atoms with van der Waals surface area (Å²) in [5.41, 5.74) is 5.70. The van der Waals surface area contributed by atoms with Crippen LogP contribution in [0.5, 0.6) is 0 Å². The van der Waals surface area contributed by atoms with Gasteiger partial charge in [-0.15, -0.1) is 5.10 Å². The Morgan fingerprint density at radius 3 is 3.00 bits per heavy atom. The van der Waals surface area contributed by atoms with Gasteiger partial charge in [-0.1, -0.05) is 5.21 Å². The molecule has 0 aliphatic rings. The summed E-state index contributed by atoms with van der Waals surface area (Å²) < 4.78 is 1.52. The molecule has 0 fully saturated rings. The van der Waals surface area contributed by atoms with Crippen LogP contribution in [0, 0.1) is 0 Å². The minimum absolute atomic E-state index is 0.179. The molecule has 0 amide bonds. The predicted octanol–water partition coefficient (Wildman–Crippen LogP) is -1.19. The molecule has 5 nitrogen and oxygen atoms in total. The van der Waals surface area contributed by atoms with Crippen molar-refractivity contribution in [3.63, 3.8) is 0 Å². The van der Waals surface area contributed by atoms with E-state index in [2.05, 4.69) is 10.3 Å². The number of nitrogens with zero attached hydrogens (tertiary/aromatic N) is 3. The van der Waals surface area contributed by atoms with E-state index < -0.39 is 6.10 Å². The zero-order chi connectivity index (χ0) is 7.56. The van der Waals surface area contributed by atoms with Crippen LogP contribution in [-0.4, -0.2) is 26.6 Å². The van der Waals surface area contributed by atoms with E-state index in [0.717, 1.165) is 0 Å². The van der Waals surface area contributed by atoms with Crippen molar-refractivity contribution in [2.45, 2.75) is 6.10 Å². The van der Waals surface area contributed by atoms with E-state index in [-0.39, 0.29) is 6.54 Å². The molecule has 0 aromatic carbocycles. The van der Waals surface area contributed by atoms with Crippen LogP contribution >= 0.6 is 0 Å². The Labute approximate surface area is 58.5 Å². The van der Waals surface area contributed by atoms with Gasteiger partial charge in [0.15, 0.2) is 0 Å². The average molecular weight is 142 g/mol.